The van der Waals surface area contributed by atoms with Crippen molar-refractivity contribution in [3.8, 4) is 11.5 Å². The van der Waals surface area contributed by atoms with Crippen LogP contribution in [0.5, 0.6) is 11.5 Å². The molecule has 0 N–H and O–H groups in total. The third kappa shape index (κ3) is 4.32. The van der Waals surface area contributed by atoms with Gasteiger partial charge in [0.05, 0.1) is 14.2 Å². The number of piperidine rings is 3. The van der Waals surface area contributed by atoms with E-state index >= 15 is 0 Å². The summed E-state index contributed by atoms with van der Waals surface area (Å²) < 4.78 is 10.9. The van der Waals surface area contributed by atoms with Gasteiger partial charge in [-0.2, -0.15) is 0 Å². The second-order valence-corrected chi connectivity index (χ2v) is 9.94. The number of hydrogen-bond acceptors (Lipinski definition) is 4. The highest BCUT2D eigenvalue weighted by Crippen LogP contribution is 2.43. The highest BCUT2D eigenvalue weighted by molar-refractivity contribution is 5.78. The van der Waals surface area contributed by atoms with E-state index in [4.69, 9.17) is 9.47 Å². The highest BCUT2D eigenvalue weighted by Gasteiger charge is 2.48. The van der Waals surface area contributed by atoms with Gasteiger partial charge in [0.1, 0.15) is 0 Å². The van der Waals surface area contributed by atoms with E-state index in [0.717, 1.165) is 50.4 Å². The molecule has 1 amide bonds. The standard InChI is InChI=1S/C25H38N2O3/c1-17(2)8-10-22-20-13-19(21-6-5-7-25(28)27(21)22)15-26(16-20)14-18-9-11-23(29-3)24(12-18)30-4/h9,11-12,17,19-22H,5-8,10,13-16H2,1-4H3/t19-,20+,21+,22+/m1/s1. The SMILES string of the molecule is COc1ccc(CN2C[C@H]3C[C@@H](C2)[C@H](CCC(C)C)N2C(=O)CCC[C@@H]32)cc1OC. The van der Waals surface area contributed by atoms with E-state index in [1.165, 1.54) is 24.8 Å². The topological polar surface area (TPSA) is 42.0 Å². The Hall–Kier alpha value is -1.75. The largest absolute Gasteiger partial charge is 0.493 e. The first-order valence-electron chi connectivity index (χ1n) is 11.7. The summed E-state index contributed by atoms with van der Waals surface area (Å²) in [7, 11) is 3.37. The van der Waals surface area contributed by atoms with Gasteiger partial charge in [-0.05, 0) is 67.6 Å². The van der Waals surface area contributed by atoms with E-state index < -0.39 is 0 Å². The number of amides is 1. The predicted molar refractivity (Wildman–Crippen MR) is 119 cm³/mol. The lowest BCUT2D eigenvalue weighted by Crippen LogP contribution is -2.64. The van der Waals surface area contributed by atoms with Gasteiger partial charge in [0, 0.05) is 38.1 Å². The molecule has 0 spiro atoms. The van der Waals surface area contributed by atoms with Gasteiger partial charge in [-0.15, -0.1) is 0 Å². The molecule has 3 saturated heterocycles. The fourth-order valence-corrected chi connectivity index (χ4v) is 6.11. The summed E-state index contributed by atoms with van der Waals surface area (Å²) in [6.07, 6.45) is 6.65. The number of rotatable bonds is 7. The molecule has 1 aromatic rings. The minimum absolute atomic E-state index is 0.419. The smallest absolute Gasteiger partial charge is 0.223 e. The predicted octanol–water partition coefficient (Wildman–Crippen LogP) is 4.34. The van der Waals surface area contributed by atoms with E-state index in [2.05, 4.69) is 35.8 Å². The van der Waals surface area contributed by atoms with Crippen LogP contribution < -0.4 is 9.47 Å². The zero-order chi connectivity index (χ0) is 21.3. The van der Waals surface area contributed by atoms with Crippen molar-refractivity contribution in [1.29, 1.82) is 0 Å². The number of methoxy groups -OCH3 is 2. The monoisotopic (exact) mass is 414 g/mol. The Kier molecular flexibility index (Phi) is 6.57. The molecular formula is C25H38N2O3. The molecular weight excluding hydrogens is 376 g/mol. The zero-order valence-electron chi connectivity index (χ0n) is 19.1. The Bertz CT molecular complexity index is 750. The van der Waals surface area contributed by atoms with Gasteiger partial charge in [-0.1, -0.05) is 19.9 Å². The van der Waals surface area contributed by atoms with Crippen LogP contribution >= 0.6 is 0 Å². The number of hydrogen-bond donors (Lipinski definition) is 0. The summed E-state index contributed by atoms with van der Waals surface area (Å²) in [5, 5.41) is 0. The number of fused-ring (bicyclic) bond motifs is 4. The van der Waals surface area contributed by atoms with Crippen molar-refractivity contribution in [3.05, 3.63) is 23.8 Å². The van der Waals surface area contributed by atoms with E-state index in [1.807, 2.05) is 6.07 Å². The molecule has 0 saturated carbocycles. The first-order valence-corrected chi connectivity index (χ1v) is 11.7. The van der Waals surface area contributed by atoms with Crippen molar-refractivity contribution in [2.75, 3.05) is 27.3 Å². The van der Waals surface area contributed by atoms with E-state index in [0.29, 0.717) is 35.7 Å². The minimum Gasteiger partial charge on any atom is -0.493 e. The van der Waals surface area contributed by atoms with Gasteiger partial charge >= 0.3 is 0 Å². The van der Waals surface area contributed by atoms with Crippen molar-refractivity contribution in [2.45, 2.75) is 71.0 Å². The molecule has 1 aromatic carbocycles. The lowest BCUT2D eigenvalue weighted by molar-refractivity contribution is -0.153. The van der Waals surface area contributed by atoms with Crippen molar-refractivity contribution in [2.24, 2.45) is 17.8 Å². The van der Waals surface area contributed by atoms with Crippen molar-refractivity contribution >= 4 is 5.91 Å². The Labute approximate surface area is 181 Å². The van der Waals surface area contributed by atoms with E-state index in [9.17, 15) is 4.79 Å². The summed E-state index contributed by atoms with van der Waals surface area (Å²) >= 11 is 0. The van der Waals surface area contributed by atoms with E-state index in [1.54, 1.807) is 14.2 Å². The molecule has 0 aromatic heterocycles. The molecule has 3 fully saturated rings. The summed E-state index contributed by atoms with van der Waals surface area (Å²) in [5.41, 5.74) is 1.27. The maximum Gasteiger partial charge on any atom is 0.223 e. The second kappa shape index (κ2) is 9.17. The van der Waals surface area contributed by atoms with Crippen LogP contribution in [0.4, 0.5) is 0 Å². The number of carbonyl (C=O) groups is 1. The summed E-state index contributed by atoms with van der Waals surface area (Å²) in [5.74, 6) is 3.90. The lowest BCUT2D eigenvalue weighted by atomic mass is 9.70. The van der Waals surface area contributed by atoms with Gasteiger partial charge < -0.3 is 14.4 Å². The number of likely N-dealkylation sites (tertiary alicyclic amines) is 1. The van der Waals surface area contributed by atoms with Gasteiger partial charge in [0.15, 0.2) is 11.5 Å². The Morgan fingerprint density at radius 2 is 1.87 bits per heavy atom. The molecule has 0 aliphatic carbocycles. The Morgan fingerprint density at radius 1 is 1.10 bits per heavy atom. The molecule has 3 heterocycles. The van der Waals surface area contributed by atoms with Crippen LogP contribution in [0.15, 0.2) is 18.2 Å². The summed E-state index contributed by atoms with van der Waals surface area (Å²) in [4.78, 5) is 17.9. The van der Waals surface area contributed by atoms with Crippen LogP contribution in [0.25, 0.3) is 0 Å². The molecule has 30 heavy (non-hydrogen) atoms. The third-order valence-corrected chi connectivity index (χ3v) is 7.47. The molecule has 166 valence electrons. The second-order valence-electron chi connectivity index (χ2n) is 9.94. The number of benzene rings is 1. The fraction of sp³-hybridized carbons (Fsp3) is 0.720. The molecule has 2 bridgehead atoms. The third-order valence-electron chi connectivity index (χ3n) is 7.47. The summed E-state index contributed by atoms with van der Waals surface area (Å²) in [6, 6.07) is 7.14. The molecule has 3 aliphatic rings. The average molecular weight is 415 g/mol. The van der Waals surface area contributed by atoms with Crippen LogP contribution in [0.2, 0.25) is 0 Å². The van der Waals surface area contributed by atoms with Crippen LogP contribution in [0.1, 0.15) is 57.9 Å². The van der Waals surface area contributed by atoms with Gasteiger partial charge in [-0.3, -0.25) is 9.69 Å². The minimum atomic E-state index is 0.419. The molecule has 5 heteroatoms. The molecule has 0 radical (unpaired) electrons. The van der Waals surface area contributed by atoms with Crippen molar-refractivity contribution < 1.29 is 14.3 Å². The molecule has 0 unspecified atom stereocenters. The zero-order valence-corrected chi connectivity index (χ0v) is 19.1. The maximum absolute atomic E-state index is 12.9. The van der Waals surface area contributed by atoms with Gasteiger partial charge in [-0.25, -0.2) is 0 Å². The molecule has 3 aliphatic heterocycles. The van der Waals surface area contributed by atoms with E-state index in [-0.39, 0.29) is 0 Å². The number of carbonyl (C=O) groups excluding carboxylic acids is 1. The van der Waals surface area contributed by atoms with Crippen molar-refractivity contribution in [3.63, 3.8) is 0 Å². The van der Waals surface area contributed by atoms with Gasteiger partial charge in [0.25, 0.3) is 0 Å². The number of nitrogens with zero attached hydrogens (tertiary/aromatic N) is 2. The normalized spacial score (nSPS) is 29.1. The Balaban J connectivity index is 1.52. The first kappa shape index (κ1) is 21.5. The van der Waals surface area contributed by atoms with Crippen LogP contribution in [0.3, 0.4) is 0 Å². The maximum atomic E-state index is 12.9. The Morgan fingerprint density at radius 3 is 2.60 bits per heavy atom. The summed E-state index contributed by atoms with van der Waals surface area (Å²) in [6.45, 7) is 7.71. The van der Waals surface area contributed by atoms with Crippen LogP contribution in [0, 0.1) is 17.8 Å². The van der Waals surface area contributed by atoms with Crippen molar-refractivity contribution in [1.82, 2.24) is 9.80 Å². The first-order chi connectivity index (χ1) is 14.5. The van der Waals surface area contributed by atoms with Crippen LogP contribution in [-0.4, -0.2) is 55.1 Å². The van der Waals surface area contributed by atoms with Gasteiger partial charge in [0.2, 0.25) is 5.91 Å². The fourth-order valence-electron chi connectivity index (χ4n) is 6.11. The quantitative estimate of drug-likeness (QED) is 0.666. The highest BCUT2D eigenvalue weighted by atomic mass is 16.5. The molecule has 4 atom stereocenters. The molecule has 5 nitrogen and oxygen atoms in total. The van der Waals surface area contributed by atoms with Crippen LogP contribution in [-0.2, 0) is 11.3 Å². The molecule has 4 rings (SSSR count). The number of ether oxygens (including phenoxy) is 2. The lowest BCUT2D eigenvalue weighted by Gasteiger charge is -2.57. The average Bonchev–Trinajstić information content (AvgIpc) is 2.73.